The molecule has 0 spiro atoms. The molecule has 0 radical (unpaired) electrons. The largest absolute Gasteiger partial charge is 0.486 e. The highest BCUT2D eigenvalue weighted by Crippen LogP contribution is 2.38. The topological polar surface area (TPSA) is 66.6 Å². The number of nitrogens with two attached hydrogens (primary N) is 1. The van der Waals surface area contributed by atoms with Crippen molar-refractivity contribution in [3.8, 4) is 17.2 Å². The Morgan fingerprint density at radius 3 is 2.85 bits per heavy atom. The third-order valence-electron chi connectivity index (χ3n) is 2.99. The Hall–Kier alpha value is -1.79. The van der Waals surface area contributed by atoms with Gasteiger partial charge in [-0.05, 0) is 31.5 Å². The minimum atomic E-state index is 0.256. The minimum absolute atomic E-state index is 0.256. The summed E-state index contributed by atoms with van der Waals surface area (Å²) in [7, 11) is 0. The van der Waals surface area contributed by atoms with E-state index in [1.165, 1.54) is 0 Å². The zero-order chi connectivity index (χ0) is 13.9. The number of hydrogen-bond donors (Lipinski definition) is 1. The van der Waals surface area contributed by atoms with Gasteiger partial charge in [0.25, 0.3) is 0 Å². The van der Waals surface area contributed by atoms with E-state index < -0.39 is 0 Å². The van der Waals surface area contributed by atoms with Crippen molar-refractivity contribution in [1.82, 2.24) is 4.98 Å². The first-order chi connectivity index (χ1) is 9.76. The van der Waals surface area contributed by atoms with Gasteiger partial charge < -0.3 is 19.9 Å². The molecule has 5 nitrogen and oxygen atoms in total. The number of rotatable bonds is 5. The van der Waals surface area contributed by atoms with Gasteiger partial charge in [-0.1, -0.05) is 0 Å². The summed E-state index contributed by atoms with van der Waals surface area (Å²) < 4.78 is 16.6. The Bertz CT molecular complexity index is 612. The third kappa shape index (κ3) is 2.71. The average molecular weight is 292 g/mol. The first-order valence-electron chi connectivity index (χ1n) is 6.42. The summed E-state index contributed by atoms with van der Waals surface area (Å²) in [6.45, 7) is 3.25. The van der Waals surface area contributed by atoms with Crippen molar-refractivity contribution < 1.29 is 14.2 Å². The van der Waals surface area contributed by atoms with Crippen LogP contribution in [0, 0.1) is 6.92 Å². The average Bonchev–Trinajstić information content (AvgIpc) is 3.04. The van der Waals surface area contributed by atoms with Crippen LogP contribution in [-0.2, 0) is 13.0 Å². The van der Waals surface area contributed by atoms with E-state index in [1.807, 2.05) is 24.4 Å². The molecule has 0 aliphatic carbocycles. The standard InChI is InChI=1S/C14H16N2O3S/c1-9-7-20-14(16-9)6-17-11-5-13-12(18-8-19-13)4-10(11)2-3-15/h4-5,7H,2-3,6,8,15H2,1H3. The lowest BCUT2D eigenvalue weighted by Gasteiger charge is -2.11. The van der Waals surface area contributed by atoms with Crippen LogP contribution in [0.15, 0.2) is 17.5 Å². The van der Waals surface area contributed by atoms with Gasteiger partial charge in [-0.25, -0.2) is 4.98 Å². The minimum Gasteiger partial charge on any atom is -0.486 e. The van der Waals surface area contributed by atoms with E-state index in [9.17, 15) is 0 Å². The molecule has 0 saturated carbocycles. The molecule has 0 unspecified atom stereocenters. The van der Waals surface area contributed by atoms with Crippen LogP contribution in [-0.4, -0.2) is 18.3 Å². The number of aryl methyl sites for hydroxylation is 1. The van der Waals surface area contributed by atoms with E-state index in [0.717, 1.165) is 39.9 Å². The predicted molar refractivity (Wildman–Crippen MR) is 76.5 cm³/mol. The zero-order valence-corrected chi connectivity index (χ0v) is 12.0. The molecule has 1 aromatic heterocycles. The molecule has 2 aromatic rings. The summed E-state index contributed by atoms with van der Waals surface area (Å²) in [5.74, 6) is 2.26. The van der Waals surface area contributed by atoms with Gasteiger partial charge in [-0.2, -0.15) is 0 Å². The summed E-state index contributed by atoms with van der Waals surface area (Å²) in [4.78, 5) is 4.39. The van der Waals surface area contributed by atoms with Gasteiger partial charge in [-0.3, -0.25) is 0 Å². The molecule has 1 aromatic carbocycles. The number of benzene rings is 1. The lowest BCUT2D eigenvalue weighted by atomic mass is 10.1. The van der Waals surface area contributed by atoms with Gasteiger partial charge in [-0.15, -0.1) is 11.3 Å². The van der Waals surface area contributed by atoms with Gasteiger partial charge in [0.1, 0.15) is 17.4 Å². The van der Waals surface area contributed by atoms with Crippen LogP contribution in [0.25, 0.3) is 0 Å². The van der Waals surface area contributed by atoms with E-state index in [4.69, 9.17) is 19.9 Å². The van der Waals surface area contributed by atoms with Gasteiger partial charge in [0.15, 0.2) is 11.5 Å². The highest BCUT2D eigenvalue weighted by molar-refractivity contribution is 7.09. The van der Waals surface area contributed by atoms with Crippen LogP contribution in [0.5, 0.6) is 17.2 Å². The van der Waals surface area contributed by atoms with Crippen molar-refractivity contribution >= 4 is 11.3 Å². The fourth-order valence-electron chi connectivity index (χ4n) is 2.06. The Kier molecular flexibility index (Phi) is 3.75. The first-order valence-corrected chi connectivity index (χ1v) is 7.30. The molecule has 0 bridgehead atoms. The van der Waals surface area contributed by atoms with Crippen molar-refractivity contribution in [2.24, 2.45) is 5.73 Å². The number of fused-ring (bicyclic) bond motifs is 1. The van der Waals surface area contributed by atoms with E-state index in [0.29, 0.717) is 13.2 Å². The molecule has 20 heavy (non-hydrogen) atoms. The molecular weight excluding hydrogens is 276 g/mol. The van der Waals surface area contributed by atoms with Gasteiger partial charge >= 0.3 is 0 Å². The number of aromatic nitrogens is 1. The van der Waals surface area contributed by atoms with E-state index in [-0.39, 0.29) is 6.79 Å². The molecule has 106 valence electrons. The normalized spacial score (nSPS) is 12.7. The Morgan fingerprint density at radius 2 is 2.15 bits per heavy atom. The molecule has 1 aliphatic heterocycles. The molecule has 3 rings (SSSR count). The Morgan fingerprint density at radius 1 is 1.35 bits per heavy atom. The van der Waals surface area contributed by atoms with Crippen LogP contribution >= 0.6 is 11.3 Å². The molecule has 0 fully saturated rings. The molecule has 0 amide bonds. The summed E-state index contributed by atoms with van der Waals surface area (Å²) >= 11 is 1.60. The molecular formula is C14H16N2O3S. The SMILES string of the molecule is Cc1csc(COc2cc3c(cc2CCN)OCO3)n1. The number of thiazole rings is 1. The smallest absolute Gasteiger partial charge is 0.231 e. The summed E-state index contributed by atoms with van der Waals surface area (Å²) in [6, 6.07) is 3.81. The first kappa shape index (κ1) is 13.2. The van der Waals surface area contributed by atoms with Crippen molar-refractivity contribution in [3.63, 3.8) is 0 Å². The fourth-order valence-corrected chi connectivity index (χ4v) is 2.74. The molecule has 6 heteroatoms. The van der Waals surface area contributed by atoms with Gasteiger partial charge in [0.05, 0.1) is 0 Å². The summed E-state index contributed by atoms with van der Waals surface area (Å²) in [6.07, 6.45) is 0.739. The van der Waals surface area contributed by atoms with Crippen LogP contribution in [0.2, 0.25) is 0 Å². The Balaban J connectivity index is 1.80. The summed E-state index contributed by atoms with van der Waals surface area (Å²) in [5.41, 5.74) is 7.70. The second-order valence-electron chi connectivity index (χ2n) is 4.52. The van der Waals surface area contributed by atoms with Crippen molar-refractivity contribution in [2.45, 2.75) is 20.0 Å². The second kappa shape index (κ2) is 5.68. The number of nitrogens with zero attached hydrogens (tertiary/aromatic N) is 1. The summed E-state index contributed by atoms with van der Waals surface area (Å²) in [5, 5.41) is 2.97. The van der Waals surface area contributed by atoms with Crippen molar-refractivity contribution in [2.75, 3.05) is 13.3 Å². The third-order valence-corrected chi connectivity index (χ3v) is 3.93. The molecule has 0 atom stereocenters. The van der Waals surface area contributed by atoms with E-state index in [2.05, 4.69) is 4.98 Å². The van der Waals surface area contributed by atoms with Crippen molar-refractivity contribution in [1.29, 1.82) is 0 Å². The van der Waals surface area contributed by atoms with Crippen LogP contribution in [0.3, 0.4) is 0 Å². The Labute approximate surface area is 121 Å². The maximum absolute atomic E-state index is 5.87. The monoisotopic (exact) mass is 292 g/mol. The van der Waals surface area contributed by atoms with Gasteiger partial charge in [0.2, 0.25) is 6.79 Å². The van der Waals surface area contributed by atoms with Gasteiger partial charge in [0, 0.05) is 17.1 Å². The van der Waals surface area contributed by atoms with Crippen LogP contribution in [0.1, 0.15) is 16.3 Å². The lowest BCUT2D eigenvalue weighted by molar-refractivity contribution is 0.173. The van der Waals surface area contributed by atoms with Crippen molar-refractivity contribution in [3.05, 3.63) is 33.8 Å². The quantitative estimate of drug-likeness (QED) is 0.915. The predicted octanol–water partition coefficient (Wildman–Crippen LogP) is 2.26. The highest BCUT2D eigenvalue weighted by atomic mass is 32.1. The van der Waals surface area contributed by atoms with E-state index >= 15 is 0 Å². The van der Waals surface area contributed by atoms with Crippen LogP contribution < -0.4 is 19.9 Å². The lowest BCUT2D eigenvalue weighted by Crippen LogP contribution is -2.05. The highest BCUT2D eigenvalue weighted by Gasteiger charge is 2.18. The number of hydrogen-bond acceptors (Lipinski definition) is 6. The fraction of sp³-hybridized carbons (Fsp3) is 0.357. The zero-order valence-electron chi connectivity index (χ0n) is 11.2. The second-order valence-corrected chi connectivity index (χ2v) is 5.47. The van der Waals surface area contributed by atoms with Crippen LogP contribution in [0.4, 0.5) is 0 Å². The molecule has 0 saturated heterocycles. The molecule has 2 heterocycles. The number of ether oxygens (including phenoxy) is 3. The maximum Gasteiger partial charge on any atom is 0.231 e. The van der Waals surface area contributed by atoms with E-state index in [1.54, 1.807) is 11.3 Å². The maximum atomic E-state index is 5.87. The molecule has 2 N–H and O–H groups in total. The molecule has 1 aliphatic rings.